The van der Waals surface area contributed by atoms with Gasteiger partial charge in [-0.25, -0.2) is 5.84 Å². The minimum absolute atomic E-state index is 0.214. The highest BCUT2D eigenvalue weighted by Gasteiger charge is 2.02. The molecule has 0 aliphatic heterocycles. The standard InChI is InChI=1S/C9H12N2O3S/c10-11-14-9(13)4-5-15-8-3-1-2-7(12)6-8/h1-3,6,11-12H,4-5,10H2. The van der Waals surface area contributed by atoms with Crippen LogP contribution < -0.4 is 11.4 Å². The van der Waals surface area contributed by atoms with Gasteiger partial charge < -0.3 is 9.94 Å². The van der Waals surface area contributed by atoms with Crippen molar-refractivity contribution in [3.05, 3.63) is 24.3 Å². The van der Waals surface area contributed by atoms with E-state index in [1.54, 1.807) is 18.2 Å². The Morgan fingerprint density at radius 2 is 2.40 bits per heavy atom. The van der Waals surface area contributed by atoms with Crippen molar-refractivity contribution in [1.29, 1.82) is 0 Å². The molecule has 1 rings (SSSR count). The molecule has 0 saturated carbocycles. The minimum atomic E-state index is -0.412. The van der Waals surface area contributed by atoms with Crippen LogP contribution in [0.5, 0.6) is 5.75 Å². The van der Waals surface area contributed by atoms with Gasteiger partial charge in [-0.1, -0.05) is 11.7 Å². The third-order valence-electron chi connectivity index (χ3n) is 1.57. The van der Waals surface area contributed by atoms with Gasteiger partial charge in [-0.05, 0) is 18.2 Å². The van der Waals surface area contributed by atoms with E-state index in [1.165, 1.54) is 11.8 Å². The summed E-state index contributed by atoms with van der Waals surface area (Å²) in [4.78, 5) is 16.1. The van der Waals surface area contributed by atoms with Crippen molar-refractivity contribution in [2.24, 2.45) is 5.84 Å². The molecule has 15 heavy (non-hydrogen) atoms. The number of hydrazine groups is 1. The van der Waals surface area contributed by atoms with Crippen LogP contribution in [0.15, 0.2) is 29.2 Å². The molecule has 1 aromatic carbocycles. The fraction of sp³-hybridized carbons (Fsp3) is 0.222. The van der Waals surface area contributed by atoms with Crippen LogP contribution in [0.3, 0.4) is 0 Å². The summed E-state index contributed by atoms with van der Waals surface area (Å²) in [5.41, 5.74) is 1.83. The van der Waals surface area contributed by atoms with Gasteiger partial charge >= 0.3 is 5.97 Å². The zero-order valence-corrected chi connectivity index (χ0v) is 8.79. The number of carbonyl (C=O) groups is 1. The van der Waals surface area contributed by atoms with E-state index in [0.29, 0.717) is 5.75 Å². The molecule has 4 N–H and O–H groups in total. The summed E-state index contributed by atoms with van der Waals surface area (Å²) in [6.45, 7) is 0. The van der Waals surface area contributed by atoms with E-state index in [2.05, 4.69) is 4.84 Å². The maximum Gasteiger partial charge on any atom is 0.327 e. The maximum atomic E-state index is 10.9. The lowest BCUT2D eigenvalue weighted by Crippen LogP contribution is -2.26. The number of benzene rings is 1. The monoisotopic (exact) mass is 228 g/mol. The Balaban J connectivity index is 2.28. The molecule has 1 aromatic rings. The van der Waals surface area contributed by atoms with Crippen molar-refractivity contribution in [2.45, 2.75) is 11.3 Å². The first-order valence-corrected chi connectivity index (χ1v) is 5.28. The van der Waals surface area contributed by atoms with E-state index < -0.39 is 5.97 Å². The molecule has 0 aliphatic rings. The van der Waals surface area contributed by atoms with E-state index >= 15 is 0 Å². The summed E-state index contributed by atoms with van der Waals surface area (Å²) in [5.74, 6) is 5.17. The molecule has 0 heterocycles. The Morgan fingerprint density at radius 1 is 1.60 bits per heavy atom. The van der Waals surface area contributed by atoms with Crippen molar-refractivity contribution in [3.8, 4) is 5.75 Å². The van der Waals surface area contributed by atoms with E-state index in [0.717, 1.165) is 4.90 Å². The zero-order valence-electron chi connectivity index (χ0n) is 7.97. The number of phenolic OH excluding ortho intramolecular Hbond substituents is 1. The first kappa shape index (κ1) is 11.8. The average Bonchev–Trinajstić information content (AvgIpc) is 2.18. The Hall–Kier alpha value is -1.24. The van der Waals surface area contributed by atoms with Crippen molar-refractivity contribution < 1.29 is 14.7 Å². The summed E-state index contributed by atoms with van der Waals surface area (Å²) in [6.07, 6.45) is 0.254. The van der Waals surface area contributed by atoms with Crippen LogP contribution in [0, 0.1) is 0 Å². The van der Waals surface area contributed by atoms with Crippen molar-refractivity contribution in [1.82, 2.24) is 5.59 Å². The summed E-state index contributed by atoms with van der Waals surface area (Å²) in [6, 6.07) is 6.84. The second kappa shape index (κ2) is 6.28. The molecule has 5 nitrogen and oxygen atoms in total. The van der Waals surface area contributed by atoms with Crippen LogP contribution in [0.25, 0.3) is 0 Å². The number of nitrogens with two attached hydrogens (primary N) is 1. The predicted molar refractivity (Wildman–Crippen MR) is 56.9 cm³/mol. The van der Waals surface area contributed by atoms with Crippen LogP contribution in [0.2, 0.25) is 0 Å². The molecule has 0 spiro atoms. The summed E-state index contributed by atoms with van der Waals surface area (Å²) >= 11 is 1.46. The lowest BCUT2D eigenvalue weighted by Gasteiger charge is -2.02. The Kier molecular flexibility index (Phi) is 4.96. The quantitative estimate of drug-likeness (QED) is 0.392. The van der Waals surface area contributed by atoms with Gasteiger partial charge in [-0.2, -0.15) is 0 Å². The number of thioether (sulfide) groups is 1. The van der Waals surface area contributed by atoms with Gasteiger partial charge in [0.05, 0.1) is 6.42 Å². The zero-order chi connectivity index (χ0) is 11.1. The van der Waals surface area contributed by atoms with Crippen molar-refractivity contribution in [2.75, 3.05) is 5.75 Å². The molecule has 0 bridgehead atoms. The minimum Gasteiger partial charge on any atom is -0.508 e. The lowest BCUT2D eigenvalue weighted by atomic mass is 10.3. The number of hydrogen-bond donors (Lipinski definition) is 3. The molecule has 0 radical (unpaired) electrons. The molecule has 0 amide bonds. The van der Waals surface area contributed by atoms with Crippen molar-refractivity contribution >= 4 is 17.7 Å². The molecule has 0 aliphatic carbocycles. The average molecular weight is 228 g/mol. The fourth-order valence-electron chi connectivity index (χ4n) is 0.942. The highest BCUT2D eigenvalue weighted by Crippen LogP contribution is 2.22. The molecular weight excluding hydrogens is 216 g/mol. The van der Waals surface area contributed by atoms with Gasteiger partial charge in [0.1, 0.15) is 5.75 Å². The number of carbonyl (C=O) groups excluding carboxylic acids is 1. The highest BCUT2D eigenvalue weighted by molar-refractivity contribution is 7.99. The number of nitrogens with one attached hydrogen (secondary N) is 1. The fourth-order valence-corrected chi connectivity index (χ4v) is 1.83. The van der Waals surface area contributed by atoms with E-state index in [4.69, 9.17) is 5.84 Å². The van der Waals surface area contributed by atoms with Gasteiger partial charge in [0.15, 0.2) is 0 Å². The number of rotatable bonds is 5. The van der Waals surface area contributed by atoms with E-state index in [-0.39, 0.29) is 12.2 Å². The first-order valence-electron chi connectivity index (χ1n) is 4.29. The van der Waals surface area contributed by atoms with Crippen LogP contribution in [-0.4, -0.2) is 16.8 Å². The van der Waals surface area contributed by atoms with Gasteiger partial charge in [0.2, 0.25) is 0 Å². The Labute approximate surface area is 91.5 Å². The van der Waals surface area contributed by atoms with E-state index in [1.807, 2.05) is 11.7 Å². The second-order valence-electron chi connectivity index (χ2n) is 2.69. The van der Waals surface area contributed by atoms with Crippen LogP contribution in [0.4, 0.5) is 0 Å². The Morgan fingerprint density at radius 3 is 3.07 bits per heavy atom. The third-order valence-corrected chi connectivity index (χ3v) is 2.56. The first-order chi connectivity index (χ1) is 7.22. The second-order valence-corrected chi connectivity index (χ2v) is 3.86. The molecule has 6 heteroatoms. The lowest BCUT2D eigenvalue weighted by molar-refractivity contribution is -0.150. The predicted octanol–water partition coefficient (Wildman–Crippen LogP) is 0.796. The van der Waals surface area contributed by atoms with Gasteiger partial charge in [0.25, 0.3) is 0 Å². The van der Waals surface area contributed by atoms with Crippen LogP contribution >= 0.6 is 11.8 Å². The van der Waals surface area contributed by atoms with Gasteiger partial charge in [-0.3, -0.25) is 4.79 Å². The number of aromatic hydroxyl groups is 1. The summed E-state index contributed by atoms with van der Waals surface area (Å²) in [7, 11) is 0. The van der Waals surface area contributed by atoms with Crippen LogP contribution in [-0.2, 0) is 9.63 Å². The van der Waals surface area contributed by atoms with E-state index in [9.17, 15) is 9.90 Å². The smallest absolute Gasteiger partial charge is 0.327 e. The molecule has 82 valence electrons. The molecule has 0 atom stereocenters. The SMILES string of the molecule is NNOC(=O)CCSc1cccc(O)c1. The van der Waals surface area contributed by atoms with Crippen molar-refractivity contribution in [3.63, 3.8) is 0 Å². The van der Waals surface area contributed by atoms with Gasteiger partial charge in [0, 0.05) is 10.6 Å². The normalized spacial score (nSPS) is 9.93. The Bertz CT molecular complexity index is 333. The topological polar surface area (TPSA) is 84.6 Å². The maximum absolute atomic E-state index is 10.9. The number of phenols is 1. The molecule has 0 unspecified atom stereocenters. The number of hydrogen-bond acceptors (Lipinski definition) is 6. The van der Waals surface area contributed by atoms with Crippen LogP contribution in [0.1, 0.15) is 6.42 Å². The summed E-state index contributed by atoms with van der Waals surface area (Å²) < 4.78 is 0. The molecular formula is C9H12N2O3S. The molecule has 0 fully saturated rings. The molecule has 0 aromatic heterocycles. The third kappa shape index (κ3) is 4.68. The van der Waals surface area contributed by atoms with Gasteiger partial charge in [-0.15, -0.1) is 11.8 Å². The summed E-state index contributed by atoms with van der Waals surface area (Å²) in [5, 5.41) is 9.17. The highest BCUT2D eigenvalue weighted by atomic mass is 32.2. The molecule has 0 saturated heterocycles. The largest absolute Gasteiger partial charge is 0.508 e.